The van der Waals surface area contributed by atoms with Crippen molar-refractivity contribution < 1.29 is 0 Å². The van der Waals surface area contributed by atoms with Crippen molar-refractivity contribution >= 4 is 5.69 Å². The van der Waals surface area contributed by atoms with E-state index in [1.165, 1.54) is 55.7 Å². The van der Waals surface area contributed by atoms with E-state index in [-0.39, 0.29) is 0 Å². The lowest BCUT2D eigenvalue weighted by atomic mass is 10.0. The molecule has 2 nitrogen and oxygen atoms in total. The van der Waals surface area contributed by atoms with Gasteiger partial charge in [-0.15, -0.1) is 0 Å². The lowest BCUT2D eigenvalue weighted by Gasteiger charge is -2.45. The molecule has 2 saturated heterocycles. The molecule has 2 fully saturated rings. The van der Waals surface area contributed by atoms with Crippen LogP contribution in [0.5, 0.6) is 0 Å². The highest BCUT2D eigenvalue weighted by atomic mass is 15.3. The summed E-state index contributed by atoms with van der Waals surface area (Å²) in [5, 5.41) is 0. The molecule has 0 aromatic heterocycles. The molecule has 19 heavy (non-hydrogen) atoms. The third kappa shape index (κ3) is 2.38. The van der Waals surface area contributed by atoms with Crippen LogP contribution in [0.4, 0.5) is 5.69 Å². The first-order chi connectivity index (χ1) is 9.19. The summed E-state index contributed by atoms with van der Waals surface area (Å²) in [6, 6.07) is 8.46. The van der Waals surface area contributed by atoms with Crippen LogP contribution in [0.3, 0.4) is 0 Å². The summed E-state index contributed by atoms with van der Waals surface area (Å²) in [7, 11) is 0. The Morgan fingerprint density at radius 1 is 1.16 bits per heavy atom. The molecule has 3 rings (SSSR count). The minimum absolute atomic E-state index is 0.691. The first-order valence-electron chi connectivity index (χ1n) is 7.77. The van der Waals surface area contributed by atoms with Crippen molar-refractivity contribution in [2.24, 2.45) is 0 Å². The van der Waals surface area contributed by atoms with Crippen molar-refractivity contribution in [1.29, 1.82) is 0 Å². The van der Waals surface area contributed by atoms with Crippen LogP contribution >= 0.6 is 0 Å². The van der Waals surface area contributed by atoms with Crippen molar-refractivity contribution in [3.63, 3.8) is 0 Å². The quantitative estimate of drug-likeness (QED) is 0.802. The topological polar surface area (TPSA) is 6.48 Å². The molecule has 2 aliphatic heterocycles. The molecule has 2 heterocycles. The Kier molecular flexibility index (Phi) is 3.53. The van der Waals surface area contributed by atoms with E-state index in [2.05, 4.69) is 48.8 Å². The average molecular weight is 258 g/mol. The van der Waals surface area contributed by atoms with E-state index in [1.807, 2.05) is 0 Å². The third-order valence-corrected chi connectivity index (χ3v) is 5.09. The predicted octanol–water partition coefficient (Wildman–Crippen LogP) is 3.37. The summed E-state index contributed by atoms with van der Waals surface area (Å²) in [6.07, 6.45) is 4.02. The predicted molar refractivity (Wildman–Crippen MR) is 81.9 cm³/mol. The molecule has 104 valence electrons. The Bertz CT molecular complexity index is 455. The minimum Gasteiger partial charge on any atom is -0.366 e. The van der Waals surface area contributed by atoms with Gasteiger partial charge in [0.15, 0.2) is 0 Å². The first-order valence-corrected chi connectivity index (χ1v) is 7.77. The van der Waals surface area contributed by atoms with Gasteiger partial charge in [-0.1, -0.05) is 13.0 Å². The standard InChI is InChI=1S/C17H26N2/c1-4-15-11-18-9-5-6-17(18)12-19(15)16-8-7-13(2)14(3)10-16/h7-8,10,15,17H,4-6,9,11-12H2,1-3H3. The summed E-state index contributed by atoms with van der Waals surface area (Å²) >= 11 is 0. The first kappa shape index (κ1) is 13.0. The van der Waals surface area contributed by atoms with Gasteiger partial charge in [-0.3, -0.25) is 4.90 Å². The number of aryl methyl sites for hydroxylation is 2. The second kappa shape index (κ2) is 5.16. The number of piperazine rings is 1. The molecule has 2 atom stereocenters. The molecule has 0 spiro atoms. The van der Waals surface area contributed by atoms with Gasteiger partial charge in [-0.25, -0.2) is 0 Å². The second-order valence-corrected chi connectivity index (χ2v) is 6.27. The van der Waals surface area contributed by atoms with Crippen LogP contribution in [0.1, 0.15) is 37.3 Å². The van der Waals surface area contributed by atoms with E-state index < -0.39 is 0 Å². The molecule has 2 unspecified atom stereocenters. The van der Waals surface area contributed by atoms with Gasteiger partial charge >= 0.3 is 0 Å². The van der Waals surface area contributed by atoms with Gasteiger partial charge in [0.05, 0.1) is 0 Å². The highest BCUT2D eigenvalue weighted by Crippen LogP contribution is 2.30. The van der Waals surface area contributed by atoms with Gasteiger partial charge < -0.3 is 4.90 Å². The van der Waals surface area contributed by atoms with Crippen molar-refractivity contribution in [2.75, 3.05) is 24.5 Å². The van der Waals surface area contributed by atoms with Gasteiger partial charge in [0.25, 0.3) is 0 Å². The normalized spacial score (nSPS) is 27.6. The zero-order chi connectivity index (χ0) is 13.4. The summed E-state index contributed by atoms with van der Waals surface area (Å²) in [5.74, 6) is 0. The molecule has 2 heteroatoms. The van der Waals surface area contributed by atoms with Gasteiger partial charge in [0.1, 0.15) is 0 Å². The highest BCUT2D eigenvalue weighted by molar-refractivity contribution is 5.52. The van der Waals surface area contributed by atoms with E-state index in [0.717, 1.165) is 6.04 Å². The maximum Gasteiger partial charge on any atom is 0.0415 e. The van der Waals surface area contributed by atoms with Crippen LogP contribution in [0.25, 0.3) is 0 Å². The molecular formula is C17H26N2. The highest BCUT2D eigenvalue weighted by Gasteiger charge is 2.35. The lowest BCUT2D eigenvalue weighted by molar-refractivity contribution is 0.194. The molecule has 0 radical (unpaired) electrons. The number of anilines is 1. The molecule has 0 saturated carbocycles. The third-order valence-electron chi connectivity index (χ3n) is 5.09. The van der Waals surface area contributed by atoms with Crippen LogP contribution in [0, 0.1) is 13.8 Å². The lowest BCUT2D eigenvalue weighted by Crippen LogP contribution is -2.56. The fraction of sp³-hybridized carbons (Fsp3) is 0.647. The number of rotatable bonds is 2. The van der Waals surface area contributed by atoms with Gasteiger partial charge in [0, 0.05) is 30.9 Å². The zero-order valence-corrected chi connectivity index (χ0v) is 12.5. The van der Waals surface area contributed by atoms with E-state index in [0.29, 0.717) is 6.04 Å². The van der Waals surface area contributed by atoms with Crippen LogP contribution in [-0.2, 0) is 0 Å². The molecule has 0 amide bonds. The summed E-state index contributed by atoms with van der Waals surface area (Å²) in [6.45, 7) is 10.6. The summed E-state index contributed by atoms with van der Waals surface area (Å²) < 4.78 is 0. The van der Waals surface area contributed by atoms with Gasteiger partial charge in [-0.05, 0) is 62.9 Å². The van der Waals surface area contributed by atoms with Gasteiger partial charge in [-0.2, -0.15) is 0 Å². The van der Waals surface area contributed by atoms with E-state index in [9.17, 15) is 0 Å². The molecule has 0 N–H and O–H groups in total. The Balaban J connectivity index is 1.86. The molecule has 0 aliphatic carbocycles. The van der Waals surface area contributed by atoms with Crippen molar-refractivity contribution in [2.45, 2.75) is 52.1 Å². The average Bonchev–Trinajstić information content (AvgIpc) is 2.87. The summed E-state index contributed by atoms with van der Waals surface area (Å²) in [5.41, 5.74) is 4.25. The number of hydrogen-bond acceptors (Lipinski definition) is 2. The Labute approximate surface area is 117 Å². The Morgan fingerprint density at radius 2 is 2.00 bits per heavy atom. The largest absolute Gasteiger partial charge is 0.366 e. The number of hydrogen-bond donors (Lipinski definition) is 0. The zero-order valence-electron chi connectivity index (χ0n) is 12.5. The Morgan fingerprint density at radius 3 is 2.74 bits per heavy atom. The number of nitrogens with zero attached hydrogens (tertiary/aromatic N) is 2. The molecule has 1 aromatic rings. The van der Waals surface area contributed by atoms with Crippen molar-refractivity contribution in [3.8, 4) is 0 Å². The number of fused-ring (bicyclic) bond motifs is 1. The van der Waals surface area contributed by atoms with Crippen molar-refractivity contribution in [3.05, 3.63) is 29.3 Å². The van der Waals surface area contributed by atoms with E-state index in [4.69, 9.17) is 0 Å². The fourth-order valence-corrected chi connectivity index (χ4v) is 3.66. The number of benzene rings is 1. The molecule has 2 aliphatic rings. The smallest absolute Gasteiger partial charge is 0.0415 e. The molecule has 0 bridgehead atoms. The Hall–Kier alpha value is -1.02. The molecule has 1 aromatic carbocycles. The van der Waals surface area contributed by atoms with Crippen LogP contribution in [0.15, 0.2) is 18.2 Å². The fourth-order valence-electron chi connectivity index (χ4n) is 3.66. The minimum atomic E-state index is 0.691. The maximum atomic E-state index is 2.71. The SMILES string of the molecule is CCC1CN2CCCC2CN1c1ccc(C)c(C)c1. The monoisotopic (exact) mass is 258 g/mol. The van der Waals surface area contributed by atoms with Gasteiger partial charge in [0.2, 0.25) is 0 Å². The van der Waals surface area contributed by atoms with E-state index >= 15 is 0 Å². The van der Waals surface area contributed by atoms with E-state index in [1.54, 1.807) is 0 Å². The second-order valence-electron chi connectivity index (χ2n) is 6.27. The van der Waals surface area contributed by atoms with Crippen molar-refractivity contribution in [1.82, 2.24) is 4.90 Å². The van der Waals surface area contributed by atoms with Crippen LogP contribution in [-0.4, -0.2) is 36.6 Å². The summed E-state index contributed by atoms with van der Waals surface area (Å²) in [4.78, 5) is 5.38. The van der Waals surface area contributed by atoms with Crippen LogP contribution < -0.4 is 4.90 Å². The van der Waals surface area contributed by atoms with Crippen LogP contribution in [0.2, 0.25) is 0 Å². The molecular weight excluding hydrogens is 232 g/mol. The maximum absolute atomic E-state index is 2.71.